The summed E-state index contributed by atoms with van der Waals surface area (Å²) in [6.45, 7) is 6.06. The molecule has 142 valence electrons. The van der Waals surface area contributed by atoms with Crippen molar-refractivity contribution >= 4 is 10.0 Å². The summed E-state index contributed by atoms with van der Waals surface area (Å²) < 4.78 is 65.2. The second kappa shape index (κ2) is 7.40. The van der Waals surface area contributed by atoms with Gasteiger partial charge in [0.1, 0.15) is 0 Å². The maximum absolute atomic E-state index is 12.7. The number of benzene rings is 2. The van der Waals surface area contributed by atoms with Crippen LogP contribution >= 0.6 is 0 Å². The van der Waals surface area contributed by atoms with Crippen LogP contribution in [0.15, 0.2) is 53.4 Å². The fraction of sp³-hybridized carbons (Fsp3) is 0.368. The molecule has 0 heterocycles. The highest BCUT2D eigenvalue weighted by Gasteiger charge is 2.30. The summed E-state index contributed by atoms with van der Waals surface area (Å²) in [4.78, 5) is 0.0853. The van der Waals surface area contributed by atoms with Crippen LogP contribution in [0.2, 0.25) is 0 Å². The van der Waals surface area contributed by atoms with E-state index in [1.807, 2.05) is 0 Å². The minimum atomic E-state index is -4.46. The van der Waals surface area contributed by atoms with Crippen molar-refractivity contribution in [2.75, 3.05) is 0 Å². The van der Waals surface area contributed by atoms with Gasteiger partial charge in [-0.3, -0.25) is 0 Å². The molecule has 0 saturated heterocycles. The van der Waals surface area contributed by atoms with Crippen LogP contribution in [0, 0.1) is 5.41 Å². The summed E-state index contributed by atoms with van der Waals surface area (Å²) >= 11 is 0. The zero-order valence-corrected chi connectivity index (χ0v) is 15.7. The average molecular weight is 385 g/mol. The summed E-state index contributed by atoms with van der Waals surface area (Å²) in [5.74, 6) is 0. The van der Waals surface area contributed by atoms with Gasteiger partial charge in [-0.2, -0.15) is 13.2 Å². The molecule has 7 heteroatoms. The Hall–Kier alpha value is -1.86. The first-order valence-electron chi connectivity index (χ1n) is 8.12. The Morgan fingerprint density at radius 1 is 0.923 bits per heavy atom. The molecule has 0 spiro atoms. The van der Waals surface area contributed by atoms with E-state index in [4.69, 9.17) is 0 Å². The van der Waals surface area contributed by atoms with Gasteiger partial charge < -0.3 is 0 Å². The van der Waals surface area contributed by atoms with E-state index in [2.05, 4.69) is 25.5 Å². The molecule has 0 aliphatic heterocycles. The van der Waals surface area contributed by atoms with E-state index in [1.165, 1.54) is 24.3 Å². The number of sulfonamides is 1. The molecule has 3 nitrogen and oxygen atoms in total. The second-order valence-electron chi connectivity index (χ2n) is 7.40. The zero-order valence-electron chi connectivity index (χ0n) is 14.9. The maximum atomic E-state index is 12.7. The van der Waals surface area contributed by atoms with Crippen molar-refractivity contribution in [3.8, 4) is 0 Å². The van der Waals surface area contributed by atoms with Gasteiger partial charge in [0.05, 0.1) is 10.5 Å². The number of nitrogens with one attached hydrogen (secondary N) is 1. The summed E-state index contributed by atoms with van der Waals surface area (Å²) in [6.07, 6.45) is -3.65. The third kappa shape index (κ3) is 5.85. The van der Waals surface area contributed by atoms with Gasteiger partial charge in [-0.25, -0.2) is 13.1 Å². The van der Waals surface area contributed by atoms with E-state index in [1.54, 1.807) is 12.1 Å². The Labute approximate surface area is 152 Å². The SMILES string of the molecule is CC(C)(C)Cc1ccc(S(=O)(=O)NCc2cccc(C(F)(F)F)c2)cc1. The molecule has 2 aromatic carbocycles. The Morgan fingerprint density at radius 2 is 1.54 bits per heavy atom. The predicted molar refractivity (Wildman–Crippen MR) is 95.1 cm³/mol. The highest BCUT2D eigenvalue weighted by Crippen LogP contribution is 2.29. The molecule has 0 aliphatic rings. The van der Waals surface area contributed by atoms with Gasteiger partial charge in [0, 0.05) is 6.54 Å². The van der Waals surface area contributed by atoms with Gasteiger partial charge in [0.25, 0.3) is 0 Å². The minimum absolute atomic E-state index is 0.0853. The van der Waals surface area contributed by atoms with Crippen LogP contribution in [0.4, 0.5) is 13.2 Å². The third-order valence-corrected chi connectivity index (χ3v) is 5.11. The van der Waals surface area contributed by atoms with Crippen LogP contribution in [0.25, 0.3) is 0 Å². The standard InChI is InChI=1S/C19H22F3NO2S/c1-18(2,3)12-14-7-9-17(10-8-14)26(24,25)23-13-15-5-4-6-16(11-15)19(20,21)22/h4-11,23H,12-13H2,1-3H3. The van der Waals surface area contributed by atoms with Crippen molar-refractivity contribution < 1.29 is 21.6 Å². The fourth-order valence-corrected chi connectivity index (χ4v) is 3.54. The zero-order chi connectivity index (χ0) is 19.6. The molecule has 0 aromatic heterocycles. The largest absolute Gasteiger partial charge is 0.416 e. The van der Waals surface area contributed by atoms with Crippen molar-refractivity contribution in [3.63, 3.8) is 0 Å². The van der Waals surface area contributed by atoms with Gasteiger partial charge in [-0.05, 0) is 41.2 Å². The Kier molecular flexibility index (Phi) is 5.82. The van der Waals surface area contributed by atoms with Crippen molar-refractivity contribution in [2.45, 2.75) is 44.8 Å². The lowest BCUT2D eigenvalue weighted by Gasteiger charge is -2.18. The maximum Gasteiger partial charge on any atom is 0.416 e. The molecule has 0 atom stereocenters. The summed E-state index contributed by atoms with van der Waals surface area (Å²) in [7, 11) is -3.80. The first-order chi connectivity index (χ1) is 11.9. The topological polar surface area (TPSA) is 46.2 Å². The molecule has 0 aliphatic carbocycles. The molecule has 0 fully saturated rings. The lowest BCUT2D eigenvalue weighted by Crippen LogP contribution is -2.23. The molecule has 0 radical (unpaired) electrons. The third-order valence-electron chi connectivity index (χ3n) is 3.69. The average Bonchev–Trinajstić information content (AvgIpc) is 2.51. The van der Waals surface area contributed by atoms with Crippen molar-refractivity contribution in [3.05, 3.63) is 65.2 Å². The predicted octanol–water partition coefficient (Wildman–Crippen LogP) is 4.77. The number of alkyl halides is 3. The molecule has 2 aromatic rings. The highest BCUT2D eigenvalue weighted by molar-refractivity contribution is 7.89. The lowest BCUT2D eigenvalue weighted by molar-refractivity contribution is -0.137. The van der Waals surface area contributed by atoms with Crippen molar-refractivity contribution in [2.24, 2.45) is 5.41 Å². The van der Waals surface area contributed by atoms with E-state index in [0.717, 1.165) is 24.1 Å². The normalized spacial score (nSPS) is 13.0. The van der Waals surface area contributed by atoms with Crippen LogP contribution in [0.5, 0.6) is 0 Å². The van der Waals surface area contributed by atoms with E-state index < -0.39 is 21.8 Å². The van der Waals surface area contributed by atoms with Crippen LogP contribution in [0.1, 0.15) is 37.5 Å². The van der Waals surface area contributed by atoms with Gasteiger partial charge >= 0.3 is 6.18 Å². The Morgan fingerprint density at radius 3 is 2.08 bits per heavy atom. The van der Waals surface area contributed by atoms with E-state index in [9.17, 15) is 21.6 Å². The summed E-state index contributed by atoms with van der Waals surface area (Å²) in [5, 5.41) is 0. The van der Waals surface area contributed by atoms with Gasteiger partial charge in [-0.1, -0.05) is 51.1 Å². The molecule has 0 bridgehead atoms. The molecular weight excluding hydrogens is 363 g/mol. The van der Waals surface area contributed by atoms with Crippen LogP contribution in [0.3, 0.4) is 0 Å². The monoisotopic (exact) mass is 385 g/mol. The minimum Gasteiger partial charge on any atom is -0.207 e. The van der Waals surface area contributed by atoms with Crippen LogP contribution < -0.4 is 4.72 Å². The van der Waals surface area contributed by atoms with Crippen molar-refractivity contribution in [1.82, 2.24) is 4.72 Å². The first kappa shape index (κ1) is 20.5. The summed E-state index contributed by atoms with van der Waals surface area (Å²) in [5.41, 5.74) is 0.546. The number of rotatable bonds is 5. The Balaban J connectivity index is 2.09. The molecule has 0 amide bonds. The summed E-state index contributed by atoms with van der Waals surface area (Å²) in [6, 6.07) is 11.1. The number of hydrogen-bond donors (Lipinski definition) is 1. The quantitative estimate of drug-likeness (QED) is 0.806. The molecule has 2 rings (SSSR count). The molecule has 26 heavy (non-hydrogen) atoms. The van der Waals surface area contributed by atoms with E-state index in [-0.39, 0.29) is 22.4 Å². The molecule has 1 N–H and O–H groups in total. The van der Waals surface area contributed by atoms with Crippen LogP contribution in [-0.4, -0.2) is 8.42 Å². The van der Waals surface area contributed by atoms with Gasteiger partial charge in [0.15, 0.2) is 0 Å². The van der Waals surface area contributed by atoms with Crippen molar-refractivity contribution in [1.29, 1.82) is 0 Å². The smallest absolute Gasteiger partial charge is 0.207 e. The molecule has 0 saturated carbocycles. The van der Waals surface area contributed by atoms with Gasteiger partial charge in [0.2, 0.25) is 10.0 Å². The number of halogens is 3. The van der Waals surface area contributed by atoms with Gasteiger partial charge in [-0.15, -0.1) is 0 Å². The van der Waals surface area contributed by atoms with Crippen LogP contribution in [-0.2, 0) is 29.2 Å². The first-order valence-corrected chi connectivity index (χ1v) is 9.60. The highest BCUT2D eigenvalue weighted by atomic mass is 32.2. The second-order valence-corrected chi connectivity index (χ2v) is 9.17. The lowest BCUT2D eigenvalue weighted by atomic mass is 9.88. The number of hydrogen-bond acceptors (Lipinski definition) is 2. The fourth-order valence-electron chi connectivity index (χ4n) is 2.52. The Bertz CT molecular complexity index is 852. The van der Waals surface area contributed by atoms with E-state index in [0.29, 0.717) is 0 Å². The molecule has 0 unspecified atom stereocenters. The molecular formula is C19H22F3NO2S. The van der Waals surface area contributed by atoms with E-state index >= 15 is 0 Å².